The van der Waals surface area contributed by atoms with Crippen LogP contribution in [0.5, 0.6) is 11.5 Å². The molecule has 144 valence electrons. The molecule has 1 atom stereocenters. The molecule has 0 fully saturated rings. The van der Waals surface area contributed by atoms with Crippen LogP contribution in [0.25, 0.3) is 10.6 Å². The molecule has 0 saturated carbocycles. The molecule has 1 aliphatic rings. The number of likely N-dealkylation sites (N-methyl/N-ethyl adjacent to an activating group) is 1. The number of thiazole rings is 1. The third kappa shape index (κ3) is 3.71. The van der Waals surface area contributed by atoms with Crippen molar-refractivity contribution in [2.45, 2.75) is 13.0 Å². The number of halogens is 1. The van der Waals surface area contributed by atoms with Crippen molar-refractivity contribution >= 4 is 17.2 Å². The average Bonchev–Trinajstić information content (AvgIpc) is 3.09. The van der Waals surface area contributed by atoms with Crippen molar-refractivity contribution < 1.29 is 18.7 Å². The lowest BCUT2D eigenvalue weighted by molar-refractivity contribution is 0.0523. The van der Waals surface area contributed by atoms with E-state index < -0.39 is 0 Å². The first-order valence-corrected chi connectivity index (χ1v) is 9.70. The van der Waals surface area contributed by atoms with Gasteiger partial charge in [-0.1, -0.05) is 12.1 Å². The molecule has 0 aliphatic carbocycles. The summed E-state index contributed by atoms with van der Waals surface area (Å²) >= 11 is 1.31. The number of amides is 1. The van der Waals surface area contributed by atoms with Gasteiger partial charge in [-0.2, -0.15) is 0 Å². The zero-order valence-corrected chi connectivity index (χ0v) is 16.3. The minimum Gasteiger partial charge on any atom is -0.486 e. The molecule has 2 heterocycles. The molecule has 0 spiro atoms. The van der Waals surface area contributed by atoms with E-state index in [9.17, 15) is 9.18 Å². The molecule has 7 heteroatoms. The number of aromatic nitrogens is 1. The fourth-order valence-corrected chi connectivity index (χ4v) is 4.09. The van der Waals surface area contributed by atoms with Crippen molar-refractivity contribution in [3.05, 3.63) is 64.9 Å². The molecule has 1 amide bonds. The number of nitrogens with zero attached hydrogens (tertiary/aromatic N) is 2. The van der Waals surface area contributed by atoms with Crippen molar-refractivity contribution in [1.29, 1.82) is 0 Å². The first-order valence-electron chi connectivity index (χ1n) is 8.88. The van der Waals surface area contributed by atoms with Crippen LogP contribution in [0.4, 0.5) is 4.39 Å². The summed E-state index contributed by atoms with van der Waals surface area (Å²) in [7, 11) is 1.74. The number of carbonyl (C=O) groups excluding carboxylic acids is 1. The van der Waals surface area contributed by atoms with Gasteiger partial charge in [-0.25, -0.2) is 9.37 Å². The van der Waals surface area contributed by atoms with Crippen LogP contribution >= 0.6 is 11.3 Å². The predicted octanol–water partition coefficient (Wildman–Crippen LogP) is 4.17. The van der Waals surface area contributed by atoms with Crippen LogP contribution in [0.15, 0.2) is 48.5 Å². The summed E-state index contributed by atoms with van der Waals surface area (Å²) < 4.78 is 24.8. The van der Waals surface area contributed by atoms with Gasteiger partial charge in [0.2, 0.25) is 0 Å². The standard InChI is InChI=1S/C21H19FN2O3S/c1-13-19(28-20(23-13)14-7-9-15(22)10-8-14)21(25)24(2)11-16-12-26-17-5-3-4-6-18(17)27-16/h3-10,16H,11-12H2,1-2H3/t16-/m1/s1. The Morgan fingerprint density at radius 1 is 1.21 bits per heavy atom. The Bertz CT molecular complexity index is 1000. The molecule has 3 aromatic rings. The molecule has 28 heavy (non-hydrogen) atoms. The molecule has 4 rings (SSSR count). The number of aryl methyl sites for hydroxylation is 1. The number of rotatable bonds is 4. The number of hydrogen-bond acceptors (Lipinski definition) is 5. The fraction of sp³-hybridized carbons (Fsp3) is 0.238. The van der Waals surface area contributed by atoms with E-state index in [0.717, 1.165) is 11.3 Å². The largest absolute Gasteiger partial charge is 0.486 e. The normalized spacial score (nSPS) is 15.3. The minimum absolute atomic E-state index is 0.120. The van der Waals surface area contributed by atoms with Crippen molar-refractivity contribution in [3.63, 3.8) is 0 Å². The van der Waals surface area contributed by atoms with E-state index in [1.807, 2.05) is 24.3 Å². The zero-order chi connectivity index (χ0) is 19.7. The van der Waals surface area contributed by atoms with Crippen LogP contribution in [0.3, 0.4) is 0 Å². The van der Waals surface area contributed by atoms with Gasteiger partial charge in [-0.3, -0.25) is 4.79 Å². The second-order valence-corrected chi connectivity index (χ2v) is 7.62. The van der Waals surface area contributed by atoms with Gasteiger partial charge in [0.25, 0.3) is 5.91 Å². The maximum Gasteiger partial charge on any atom is 0.265 e. The minimum atomic E-state index is -0.302. The lowest BCUT2D eigenvalue weighted by Gasteiger charge is -2.29. The molecule has 1 aliphatic heterocycles. The van der Waals surface area contributed by atoms with E-state index >= 15 is 0 Å². The summed E-state index contributed by atoms with van der Waals surface area (Å²) in [5.74, 6) is 0.984. The van der Waals surface area contributed by atoms with Gasteiger partial charge in [0.05, 0.1) is 12.2 Å². The van der Waals surface area contributed by atoms with Gasteiger partial charge >= 0.3 is 0 Å². The summed E-state index contributed by atoms with van der Waals surface area (Å²) in [4.78, 5) is 19.6. The van der Waals surface area contributed by atoms with Crippen molar-refractivity contribution in [2.75, 3.05) is 20.2 Å². The molecule has 5 nitrogen and oxygen atoms in total. The summed E-state index contributed by atoms with van der Waals surface area (Å²) in [6, 6.07) is 13.6. The van der Waals surface area contributed by atoms with Gasteiger partial charge in [0, 0.05) is 12.6 Å². The number of para-hydroxylation sites is 2. The predicted molar refractivity (Wildman–Crippen MR) is 106 cm³/mol. The Morgan fingerprint density at radius 2 is 1.93 bits per heavy atom. The number of carbonyl (C=O) groups is 1. The van der Waals surface area contributed by atoms with Crippen LogP contribution in [-0.4, -0.2) is 42.1 Å². The molecule has 2 aromatic carbocycles. The molecular weight excluding hydrogens is 379 g/mol. The Kier molecular flexibility index (Phi) is 5.00. The molecule has 0 unspecified atom stereocenters. The van der Waals surface area contributed by atoms with Gasteiger partial charge < -0.3 is 14.4 Å². The average molecular weight is 398 g/mol. The van der Waals surface area contributed by atoms with Gasteiger partial charge in [-0.05, 0) is 43.3 Å². The molecule has 0 saturated heterocycles. The molecular formula is C21H19FN2O3S. The van der Waals surface area contributed by atoms with E-state index in [1.165, 1.54) is 23.5 Å². The Hall–Kier alpha value is -2.93. The van der Waals surface area contributed by atoms with Crippen molar-refractivity contribution in [1.82, 2.24) is 9.88 Å². The van der Waals surface area contributed by atoms with Crippen LogP contribution in [0.1, 0.15) is 15.4 Å². The van der Waals surface area contributed by atoms with Gasteiger partial charge in [-0.15, -0.1) is 11.3 Å². The van der Waals surface area contributed by atoms with Crippen LogP contribution < -0.4 is 9.47 Å². The lowest BCUT2D eigenvalue weighted by atomic mass is 10.2. The van der Waals surface area contributed by atoms with Gasteiger partial charge in [0.1, 0.15) is 22.3 Å². The number of benzene rings is 2. The molecule has 0 N–H and O–H groups in total. The van der Waals surface area contributed by atoms with Crippen molar-refractivity contribution in [2.24, 2.45) is 0 Å². The number of ether oxygens (including phenoxy) is 2. The van der Waals surface area contributed by atoms with E-state index in [2.05, 4.69) is 4.98 Å². The number of fused-ring (bicyclic) bond motifs is 1. The highest BCUT2D eigenvalue weighted by Crippen LogP contribution is 2.32. The second-order valence-electron chi connectivity index (χ2n) is 6.62. The highest BCUT2D eigenvalue weighted by Gasteiger charge is 2.26. The Balaban J connectivity index is 1.46. The van der Waals surface area contributed by atoms with E-state index in [0.29, 0.717) is 34.5 Å². The summed E-state index contributed by atoms with van der Waals surface area (Å²) in [6.07, 6.45) is -0.242. The first kappa shape index (κ1) is 18.4. The van der Waals surface area contributed by atoms with E-state index in [-0.39, 0.29) is 17.8 Å². The zero-order valence-electron chi connectivity index (χ0n) is 15.5. The van der Waals surface area contributed by atoms with Crippen LogP contribution in [-0.2, 0) is 0 Å². The molecule has 0 radical (unpaired) electrons. The summed E-state index contributed by atoms with van der Waals surface area (Å²) in [6.45, 7) is 2.59. The monoisotopic (exact) mass is 398 g/mol. The quantitative estimate of drug-likeness (QED) is 0.662. The molecule has 1 aromatic heterocycles. The van der Waals surface area contributed by atoms with Gasteiger partial charge in [0.15, 0.2) is 17.6 Å². The van der Waals surface area contributed by atoms with Crippen molar-refractivity contribution in [3.8, 4) is 22.1 Å². The first-order chi connectivity index (χ1) is 13.5. The Morgan fingerprint density at radius 3 is 2.68 bits per heavy atom. The number of hydrogen-bond donors (Lipinski definition) is 0. The van der Waals surface area contributed by atoms with Crippen LogP contribution in [0.2, 0.25) is 0 Å². The fourth-order valence-electron chi connectivity index (χ4n) is 3.03. The summed E-state index contributed by atoms with van der Waals surface area (Å²) in [5.41, 5.74) is 1.45. The third-order valence-corrected chi connectivity index (χ3v) is 5.67. The topological polar surface area (TPSA) is 51.7 Å². The highest BCUT2D eigenvalue weighted by molar-refractivity contribution is 7.17. The second kappa shape index (κ2) is 7.59. The van der Waals surface area contributed by atoms with E-state index in [1.54, 1.807) is 31.0 Å². The van der Waals surface area contributed by atoms with Crippen LogP contribution in [0, 0.1) is 12.7 Å². The highest BCUT2D eigenvalue weighted by atomic mass is 32.1. The maximum absolute atomic E-state index is 13.1. The lowest BCUT2D eigenvalue weighted by Crippen LogP contribution is -2.41. The van der Waals surface area contributed by atoms with E-state index in [4.69, 9.17) is 9.47 Å². The third-order valence-electron chi connectivity index (χ3n) is 4.47. The maximum atomic E-state index is 13.1. The smallest absolute Gasteiger partial charge is 0.265 e. The Labute approximate surface area is 166 Å². The molecule has 0 bridgehead atoms. The summed E-state index contributed by atoms with van der Waals surface area (Å²) in [5, 5.41) is 0.695. The SMILES string of the molecule is Cc1nc(-c2ccc(F)cc2)sc1C(=O)N(C)C[C@@H]1COc2ccccc2O1.